The number of anilines is 1. The highest BCUT2D eigenvalue weighted by atomic mass is 16.4. The minimum atomic E-state index is -0.872. The molecular weight excluding hydrogens is 194 g/mol. The van der Waals surface area contributed by atoms with Crippen molar-refractivity contribution in [3.63, 3.8) is 0 Å². The summed E-state index contributed by atoms with van der Waals surface area (Å²) in [5.41, 5.74) is 0.0323. The lowest BCUT2D eigenvalue weighted by Gasteiger charge is -2.14. The predicted molar refractivity (Wildman–Crippen MR) is 52.2 cm³/mol. The van der Waals surface area contributed by atoms with E-state index in [4.69, 9.17) is 10.4 Å². The first-order valence-electron chi connectivity index (χ1n) is 4.54. The van der Waals surface area contributed by atoms with Crippen LogP contribution in [0.25, 0.3) is 0 Å². The number of nitrogens with one attached hydrogen (secondary N) is 1. The van der Waals surface area contributed by atoms with Gasteiger partial charge in [-0.3, -0.25) is 4.98 Å². The molecule has 15 heavy (non-hydrogen) atoms. The Morgan fingerprint density at radius 1 is 1.67 bits per heavy atom. The van der Waals surface area contributed by atoms with Crippen molar-refractivity contribution in [3.8, 4) is 6.07 Å². The van der Waals surface area contributed by atoms with Crippen LogP contribution < -0.4 is 5.32 Å². The van der Waals surface area contributed by atoms with Gasteiger partial charge in [0.1, 0.15) is 11.6 Å². The molecule has 0 aliphatic heterocycles. The van der Waals surface area contributed by atoms with E-state index in [-0.39, 0.29) is 0 Å². The average molecular weight is 203 g/mol. The van der Waals surface area contributed by atoms with Crippen LogP contribution in [-0.2, 0) is 4.79 Å². The van der Waals surface area contributed by atoms with Crippen LogP contribution in [0.3, 0.4) is 0 Å². The van der Waals surface area contributed by atoms with Crippen molar-refractivity contribution >= 4 is 11.7 Å². The Hall–Kier alpha value is -2.09. The Morgan fingerprint density at radius 2 is 2.40 bits per heavy atom. The smallest absolute Gasteiger partial charge is 0.329 e. The number of aromatic nitrogens is 1. The molecule has 0 spiro atoms. The lowest BCUT2D eigenvalue weighted by atomic mass is 10.2. The van der Waals surface area contributed by atoms with Gasteiger partial charge in [0, 0.05) is 12.4 Å². The molecule has 0 bridgehead atoms. The molecule has 0 aromatic carbocycles. The lowest BCUT2D eigenvalue weighted by molar-refractivity contribution is -0.138. The van der Waals surface area contributed by atoms with E-state index in [0.29, 0.717) is 24.1 Å². The maximum atomic E-state index is 10.9. The Kier molecular flexibility index (Phi) is 2.05. The molecule has 1 fully saturated rings. The molecule has 1 aromatic rings. The number of carbonyl (C=O) groups is 1. The normalized spacial score (nSPS) is 16.5. The Labute approximate surface area is 86.4 Å². The number of nitrogens with zero attached hydrogens (tertiary/aromatic N) is 2. The van der Waals surface area contributed by atoms with Crippen LogP contribution >= 0.6 is 0 Å². The van der Waals surface area contributed by atoms with Gasteiger partial charge < -0.3 is 10.4 Å². The first-order chi connectivity index (χ1) is 7.18. The van der Waals surface area contributed by atoms with E-state index in [2.05, 4.69) is 10.3 Å². The van der Waals surface area contributed by atoms with Crippen LogP contribution in [0, 0.1) is 11.3 Å². The highest BCUT2D eigenvalue weighted by molar-refractivity contribution is 5.86. The summed E-state index contributed by atoms with van der Waals surface area (Å²) in [4.78, 5) is 14.7. The quantitative estimate of drug-likeness (QED) is 0.764. The van der Waals surface area contributed by atoms with Gasteiger partial charge in [0.2, 0.25) is 0 Å². The third-order valence-corrected chi connectivity index (χ3v) is 2.47. The van der Waals surface area contributed by atoms with Crippen molar-refractivity contribution < 1.29 is 9.90 Å². The number of hydrogen-bond donors (Lipinski definition) is 2. The van der Waals surface area contributed by atoms with E-state index in [1.54, 1.807) is 6.07 Å². The Balaban J connectivity index is 2.26. The van der Waals surface area contributed by atoms with Crippen molar-refractivity contribution in [2.24, 2.45) is 0 Å². The van der Waals surface area contributed by atoms with E-state index in [1.165, 1.54) is 12.4 Å². The maximum absolute atomic E-state index is 10.9. The zero-order chi connectivity index (χ0) is 10.9. The highest BCUT2D eigenvalue weighted by Crippen LogP contribution is 2.39. The van der Waals surface area contributed by atoms with Gasteiger partial charge in [0.05, 0.1) is 11.3 Å². The number of nitriles is 1. The molecule has 1 heterocycles. The molecule has 1 saturated carbocycles. The van der Waals surface area contributed by atoms with Gasteiger partial charge in [0.15, 0.2) is 0 Å². The third-order valence-electron chi connectivity index (χ3n) is 2.47. The number of aliphatic carboxylic acids is 1. The summed E-state index contributed by atoms with van der Waals surface area (Å²) in [6, 6.07) is 3.58. The zero-order valence-electron chi connectivity index (χ0n) is 7.90. The first-order valence-corrected chi connectivity index (χ1v) is 4.54. The molecule has 76 valence electrons. The molecule has 5 nitrogen and oxygen atoms in total. The fraction of sp³-hybridized carbons (Fsp3) is 0.300. The van der Waals surface area contributed by atoms with E-state index in [0.717, 1.165) is 0 Å². The molecule has 2 N–H and O–H groups in total. The predicted octanol–water partition coefficient (Wildman–Crippen LogP) is 0.982. The van der Waals surface area contributed by atoms with Gasteiger partial charge in [-0.25, -0.2) is 4.79 Å². The minimum absolute atomic E-state index is 0.366. The summed E-state index contributed by atoms with van der Waals surface area (Å²) in [5.74, 6) is -0.872. The van der Waals surface area contributed by atoms with E-state index in [1.807, 2.05) is 6.07 Å². The number of pyridine rings is 1. The highest BCUT2D eigenvalue weighted by Gasteiger charge is 2.50. The number of hydrogen-bond acceptors (Lipinski definition) is 4. The monoisotopic (exact) mass is 203 g/mol. The molecule has 0 unspecified atom stereocenters. The number of carboxylic acid groups (broad SMARTS) is 1. The van der Waals surface area contributed by atoms with E-state index < -0.39 is 11.5 Å². The molecule has 5 heteroatoms. The van der Waals surface area contributed by atoms with Crippen LogP contribution in [-0.4, -0.2) is 21.6 Å². The minimum Gasteiger partial charge on any atom is -0.480 e. The topological polar surface area (TPSA) is 86.0 Å². The van der Waals surface area contributed by atoms with Gasteiger partial charge in [-0.05, 0) is 18.9 Å². The van der Waals surface area contributed by atoms with Crippen LogP contribution in [0.4, 0.5) is 5.69 Å². The van der Waals surface area contributed by atoms with Gasteiger partial charge >= 0.3 is 5.97 Å². The van der Waals surface area contributed by atoms with Crippen LogP contribution in [0.15, 0.2) is 18.5 Å². The molecule has 1 aliphatic rings. The summed E-state index contributed by atoms with van der Waals surface area (Å²) in [6.45, 7) is 0. The summed E-state index contributed by atoms with van der Waals surface area (Å²) >= 11 is 0. The molecular formula is C10H9N3O2. The van der Waals surface area contributed by atoms with Gasteiger partial charge in [-0.1, -0.05) is 0 Å². The zero-order valence-corrected chi connectivity index (χ0v) is 7.90. The largest absolute Gasteiger partial charge is 0.480 e. The van der Waals surface area contributed by atoms with Crippen molar-refractivity contribution in [1.82, 2.24) is 4.98 Å². The fourth-order valence-corrected chi connectivity index (χ4v) is 1.37. The molecule has 0 saturated heterocycles. The molecule has 0 amide bonds. The Morgan fingerprint density at radius 3 is 2.93 bits per heavy atom. The maximum Gasteiger partial charge on any atom is 0.329 e. The standard InChI is InChI=1S/C10H9N3O2/c11-5-7-6-12-4-1-8(7)13-10(2-3-10)9(14)15/h1,4,6H,2-3H2,(H,12,13)(H,14,15). The van der Waals surface area contributed by atoms with Crippen LogP contribution in [0.1, 0.15) is 18.4 Å². The van der Waals surface area contributed by atoms with Crippen molar-refractivity contribution in [1.29, 1.82) is 5.26 Å². The van der Waals surface area contributed by atoms with Crippen LogP contribution in [0.2, 0.25) is 0 Å². The lowest BCUT2D eigenvalue weighted by Crippen LogP contribution is -2.31. The van der Waals surface area contributed by atoms with Gasteiger partial charge in [0.25, 0.3) is 0 Å². The third kappa shape index (κ3) is 1.62. The summed E-state index contributed by atoms with van der Waals surface area (Å²) in [6.07, 6.45) is 4.13. The molecule has 0 atom stereocenters. The second-order valence-corrected chi connectivity index (χ2v) is 3.55. The van der Waals surface area contributed by atoms with E-state index in [9.17, 15) is 4.79 Å². The number of rotatable bonds is 3. The molecule has 2 rings (SSSR count). The molecule has 0 radical (unpaired) electrons. The summed E-state index contributed by atoms with van der Waals surface area (Å²) in [5, 5.41) is 20.7. The van der Waals surface area contributed by atoms with Crippen molar-refractivity contribution in [2.75, 3.05) is 5.32 Å². The molecule has 1 aliphatic carbocycles. The summed E-state index contributed by atoms with van der Waals surface area (Å²) in [7, 11) is 0. The fourth-order valence-electron chi connectivity index (χ4n) is 1.37. The van der Waals surface area contributed by atoms with Gasteiger partial charge in [-0.15, -0.1) is 0 Å². The second kappa shape index (κ2) is 3.24. The first kappa shape index (κ1) is 9.46. The summed E-state index contributed by atoms with van der Waals surface area (Å²) < 4.78 is 0. The SMILES string of the molecule is N#Cc1cnccc1NC1(C(=O)O)CC1. The van der Waals surface area contributed by atoms with Crippen LogP contribution in [0.5, 0.6) is 0 Å². The van der Waals surface area contributed by atoms with Gasteiger partial charge in [-0.2, -0.15) is 5.26 Å². The second-order valence-electron chi connectivity index (χ2n) is 3.55. The van der Waals surface area contributed by atoms with Crippen molar-refractivity contribution in [2.45, 2.75) is 18.4 Å². The van der Waals surface area contributed by atoms with Crippen molar-refractivity contribution in [3.05, 3.63) is 24.0 Å². The van der Waals surface area contributed by atoms with E-state index >= 15 is 0 Å². The number of carboxylic acids is 1. The Bertz CT molecular complexity index is 446. The average Bonchev–Trinajstić information content (AvgIpc) is 3.00. The molecule has 1 aromatic heterocycles.